The summed E-state index contributed by atoms with van der Waals surface area (Å²) < 4.78 is 0. The van der Waals surface area contributed by atoms with Gasteiger partial charge in [0.05, 0.1) is 6.04 Å². The summed E-state index contributed by atoms with van der Waals surface area (Å²) in [5.74, 6) is 0.693. The molecule has 2 rings (SSSR count). The Bertz CT molecular complexity index is 292. The van der Waals surface area contributed by atoms with Crippen molar-refractivity contribution >= 4 is 6.03 Å². The van der Waals surface area contributed by atoms with Crippen LogP contribution in [-0.4, -0.2) is 35.6 Å². The maximum Gasteiger partial charge on any atom is 0.317 e. The lowest BCUT2D eigenvalue weighted by molar-refractivity contribution is 0.213. The Morgan fingerprint density at radius 2 is 2.00 bits per heavy atom. The predicted octanol–water partition coefficient (Wildman–Crippen LogP) is 2.09. The van der Waals surface area contributed by atoms with Crippen molar-refractivity contribution in [3.05, 3.63) is 0 Å². The third-order valence-corrected chi connectivity index (χ3v) is 4.26. The van der Waals surface area contributed by atoms with E-state index in [4.69, 9.17) is 5.73 Å². The number of rotatable bonds is 4. The lowest BCUT2D eigenvalue weighted by Crippen LogP contribution is -2.38. The molecule has 0 aromatic heterocycles. The molecule has 0 bridgehead atoms. The van der Waals surface area contributed by atoms with Crippen molar-refractivity contribution in [2.45, 2.75) is 64.0 Å². The van der Waals surface area contributed by atoms with Gasteiger partial charge < -0.3 is 16.0 Å². The zero-order valence-corrected chi connectivity index (χ0v) is 11.7. The van der Waals surface area contributed by atoms with Gasteiger partial charge in [-0.2, -0.15) is 0 Å². The molecule has 0 aromatic carbocycles. The van der Waals surface area contributed by atoms with Gasteiger partial charge in [-0.25, -0.2) is 4.79 Å². The Kier molecular flexibility index (Phi) is 4.15. The van der Waals surface area contributed by atoms with Crippen LogP contribution in [0.3, 0.4) is 0 Å². The highest BCUT2D eigenvalue weighted by Crippen LogP contribution is 2.28. The smallest absolute Gasteiger partial charge is 0.317 e. The Balaban J connectivity index is 1.82. The van der Waals surface area contributed by atoms with Crippen LogP contribution >= 0.6 is 0 Å². The summed E-state index contributed by atoms with van der Waals surface area (Å²) in [4.78, 5) is 13.9. The minimum Gasteiger partial charge on any atom is -0.333 e. The zero-order chi connectivity index (χ0) is 13.2. The first-order chi connectivity index (χ1) is 8.46. The van der Waals surface area contributed by atoms with Crippen LogP contribution in [0.2, 0.25) is 0 Å². The molecule has 0 aromatic rings. The normalized spacial score (nSPS) is 26.5. The second-order valence-electron chi connectivity index (χ2n) is 6.64. The molecular formula is C14H27N3O. The van der Waals surface area contributed by atoms with E-state index in [1.807, 2.05) is 18.7 Å². The highest BCUT2D eigenvalue weighted by Gasteiger charge is 2.34. The molecule has 1 unspecified atom stereocenters. The number of urea groups is 1. The Morgan fingerprint density at radius 1 is 1.33 bits per heavy atom. The molecule has 4 nitrogen and oxygen atoms in total. The highest BCUT2D eigenvalue weighted by atomic mass is 16.2. The molecule has 2 fully saturated rings. The van der Waals surface area contributed by atoms with Crippen LogP contribution in [0.25, 0.3) is 0 Å². The molecule has 2 aliphatic rings. The summed E-state index contributed by atoms with van der Waals surface area (Å²) in [6.45, 7) is 5.68. The van der Waals surface area contributed by atoms with Gasteiger partial charge in [0.1, 0.15) is 0 Å². The number of amides is 2. The lowest BCUT2D eigenvalue weighted by Gasteiger charge is -2.27. The fourth-order valence-electron chi connectivity index (χ4n) is 3.04. The first-order valence-electron chi connectivity index (χ1n) is 7.30. The number of carbonyl (C=O) groups is 1. The lowest BCUT2D eigenvalue weighted by atomic mass is 9.84. The minimum atomic E-state index is -0.191. The average Bonchev–Trinajstić information content (AvgIpc) is 2.68. The van der Waals surface area contributed by atoms with E-state index < -0.39 is 0 Å². The van der Waals surface area contributed by atoms with Crippen LogP contribution in [0.15, 0.2) is 0 Å². The van der Waals surface area contributed by atoms with E-state index in [-0.39, 0.29) is 11.6 Å². The SMILES string of the molecule is CC(C)(N)CCN1CC(C2CCCCC2)NC1=O. The van der Waals surface area contributed by atoms with E-state index in [9.17, 15) is 4.79 Å². The second kappa shape index (κ2) is 5.47. The fraction of sp³-hybridized carbons (Fsp3) is 0.929. The van der Waals surface area contributed by atoms with Gasteiger partial charge in [0.15, 0.2) is 0 Å². The molecule has 3 N–H and O–H groups in total. The van der Waals surface area contributed by atoms with Gasteiger partial charge in [-0.3, -0.25) is 0 Å². The van der Waals surface area contributed by atoms with Crippen molar-refractivity contribution in [3.8, 4) is 0 Å². The first kappa shape index (κ1) is 13.7. The van der Waals surface area contributed by atoms with Crippen LogP contribution < -0.4 is 11.1 Å². The molecule has 1 atom stereocenters. The first-order valence-corrected chi connectivity index (χ1v) is 7.30. The van der Waals surface area contributed by atoms with E-state index in [2.05, 4.69) is 5.32 Å². The molecule has 2 amide bonds. The molecule has 1 aliphatic heterocycles. The molecule has 1 aliphatic carbocycles. The monoisotopic (exact) mass is 253 g/mol. The van der Waals surface area contributed by atoms with Crippen molar-refractivity contribution in [1.29, 1.82) is 0 Å². The molecule has 0 spiro atoms. The van der Waals surface area contributed by atoms with Crippen LogP contribution in [0.4, 0.5) is 4.79 Å². The molecule has 0 radical (unpaired) electrons. The van der Waals surface area contributed by atoms with Gasteiger partial charge in [-0.05, 0) is 39.0 Å². The van der Waals surface area contributed by atoms with Crippen LogP contribution in [-0.2, 0) is 0 Å². The molecule has 1 saturated carbocycles. The van der Waals surface area contributed by atoms with E-state index in [0.717, 1.165) is 19.5 Å². The van der Waals surface area contributed by atoms with Gasteiger partial charge >= 0.3 is 6.03 Å². The van der Waals surface area contributed by atoms with Crippen LogP contribution in [0.5, 0.6) is 0 Å². The van der Waals surface area contributed by atoms with Gasteiger partial charge in [-0.1, -0.05) is 19.3 Å². The van der Waals surface area contributed by atoms with Gasteiger partial charge in [0.25, 0.3) is 0 Å². The van der Waals surface area contributed by atoms with Crippen molar-refractivity contribution in [2.24, 2.45) is 11.7 Å². The van der Waals surface area contributed by atoms with Gasteiger partial charge in [0.2, 0.25) is 0 Å². The van der Waals surface area contributed by atoms with Crippen molar-refractivity contribution in [3.63, 3.8) is 0 Å². The standard InChI is InChI=1S/C14H27N3O/c1-14(2,15)8-9-17-10-12(16-13(17)18)11-6-4-3-5-7-11/h11-12H,3-10,15H2,1-2H3,(H,16,18). The third-order valence-electron chi connectivity index (χ3n) is 4.26. The van der Waals surface area contributed by atoms with E-state index in [1.54, 1.807) is 0 Å². The second-order valence-corrected chi connectivity index (χ2v) is 6.64. The van der Waals surface area contributed by atoms with Gasteiger partial charge in [0, 0.05) is 18.6 Å². The van der Waals surface area contributed by atoms with E-state index >= 15 is 0 Å². The number of carbonyl (C=O) groups excluding carboxylic acids is 1. The highest BCUT2D eigenvalue weighted by molar-refractivity contribution is 5.76. The Labute approximate surface area is 110 Å². The molecular weight excluding hydrogens is 226 g/mol. The topological polar surface area (TPSA) is 58.4 Å². The van der Waals surface area contributed by atoms with Gasteiger partial charge in [-0.15, -0.1) is 0 Å². The average molecular weight is 253 g/mol. The molecule has 18 heavy (non-hydrogen) atoms. The Morgan fingerprint density at radius 3 is 2.61 bits per heavy atom. The van der Waals surface area contributed by atoms with E-state index in [0.29, 0.717) is 12.0 Å². The van der Waals surface area contributed by atoms with Crippen LogP contribution in [0.1, 0.15) is 52.4 Å². The van der Waals surface area contributed by atoms with Crippen molar-refractivity contribution in [1.82, 2.24) is 10.2 Å². The number of hydrogen-bond donors (Lipinski definition) is 2. The summed E-state index contributed by atoms with van der Waals surface area (Å²) in [6.07, 6.45) is 7.43. The summed E-state index contributed by atoms with van der Waals surface area (Å²) in [5, 5.41) is 3.16. The number of nitrogens with zero attached hydrogens (tertiary/aromatic N) is 1. The number of nitrogens with one attached hydrogen (secondary N) is 1. The minimum absolute atomic E-state index is 0.106. The summed E-state index contributed by atoms with van der Waals surface area (Å²) in [7, 11) is 0. The van der Waals surface area contributed by atoms with Crippen molar-refractivity contribution in [2.75, 3.05) is 13.1 Å². The quantitative estimate of drug-likeness (QED) is 0.806. The predicted molar refractivity (Wildman–Crippen MR) is 73.4 cm³/mol. The number of nitrogens with two attached hydrogens (primary N) is 1. The van der Waals surface area contributed by atoms with Crippen molar-refractivity contribution < 1.29 is 4.79 Å². The Hall–Kier alpha value is -0.770. The maximum atomic E-state index is 11.9. The number of hydrogen-bond acceptors (Lipinski definition) is 2. The fourth-order valence-corrected chi connectivity index (χ4v) is 3.04. The molecule has 4 heteroatoms. The summed E-state index contributed by atoms with van der Waals surface area (Å²) in [6, 6.07) is 0.480. The summed E-state index contributed by atoms with van der Waals surface area (Å²) in [5.41, 5.74) is 5.79. The zero-order valence-electron chi connectivity index (χ0n) is 11.7. The largest absolute Gasteiger partial charge is 0.333 e. The molecule has 1 heterocycles. The maximum absolute atomic E-state index is 11.9. The molecule has 104 valence electrons. The molecule has 1 saturated heterocycles. The van der Waals surface area contributed by atoms with Crippen LogP contribution in [0, 0.1) is 5.92 Å². The third kappa shape index (κ3) is 3.61. The van der Waals surface area contributed by atoms with E-state index in [1.165, 1.54) is 32.1 Å². The summed E-state index contributed by atoms with van der Waals surface area (Å²) >= 11 is 0.